The van der Waals surface area contributed by atoms with Crippen molar-refractivity contribution in [3.8, 4) is 17.0 Å². The number of methoxy groups -OCH3 is 1. The van der Waals surface area contributed by atoms with Gasteiger partial charge in [-0.15, -0.1) is 0 Å². The molecule has 4 nitrogen and oxygen atoms in total. The molecule has 108 valence electrons. The summed E-state index contributed by atoms with van der Waals surface area (Å²) in [4.78, 5) is 1.96. The van der Waals surface area contributed by atoms with E-state index in [9.17, 15) is 0 Å². The summed E-state index contributed by atoms with van der Waals surface area (Å²) in [6, 6.07) is 6.26. The monoisotopic (exact) mass is 337 g/mol. The summed E-state index contributed by atoms with van der Waals surface area (Å²) < 4.78 is 6.42. The first-order valence-electron chi connectivity index (χ1n) is 6.55. The van der Waals surface area contributed by atoms with Gasteiger partial charge < -0.3 is 9.64 Å². The van der Waals surface area contributed by atoms with Crippen molar-refractivity contribution in [1.82, 2.24) is 10.2 Å². The lowest BCUT2D eigenvalue weighted by molar-refractivity contribution is 0.416. The van der Waals surface area contributed by atoms with Crippen LogP contribution in [0.2, 0.25) is 0 Å². The highest BCUT2D eigenvalue weighted by Gasteiger charge is 2.18. The number of benzene rings is 1. The van der Waals surface area contributed by atoms with Crippen molar-refractivity contribution in [3.05, 3.63) is 28.2 Å². The first-order valence-corrected chi connectivity index (χ1v) is 7.34. The summed E-state index contributed by atoms with van der Waals surface area (Å²) in [7, 11) is 5.62. The molecular formula is C15H20BrN3O. The molecule has 1 aromatic heterocycles. The zero-order chi connectivity index (χ0) is 14.9. The number of nitrogens with zero attached hydrogens (tertiary/aromatic N) is 2. The van der Waals surface area contributed by atoms with Gasteiger partial charge in [0.25, 0.3) is 0 Å². The van der Waals surface area contributed by atoms with E-state index < -0.39 is 0 Å². The average molecular weight is 338 g/mol. The summed E-state index contributed by atoms with van der Waals surface area (Å²) in [5.41, 5.74) is 3.23. The van der Waals surface area contributed by atoms with Crippen LogP contribution in [0.25, 0.3) is 11.3 Å². The first-order chi connectivity index (χ1) is 9.45. The van der Waals surface area contributed by atoms with Crippen LogP contribution in [-0.4, -0.2) is 31.4 Å². The van der Waals surface area contributed by atoms with Gasteiger partial charge in [0.2, 0.25) is 0 Å². The number of H-pyrrole nitrogens is 1. The summed E-state index contributed by atoms with van der Waals surface area (Å²) in [5, 5.41) is 7.43. The summed E-state index contributed by atoms with van der Waals surface area (Å²) in [5.74, 6) is 2.18. The van der Waals surface area contributed by atoms with E-state index >= 15 is 0 Å². The van der Waals surface area contributed by atoms with E-state index in [2.05, 4.69) is 52.1 Å². The Morgan fingerprint density at radius 1 is 1.30 bits per heavy atom. The molecule has 0 fully saturated rings. The summed E-state index contributed by atoms with van der Waals surface area (Å²) in [6.07, 6.45) is 0. The Morgan fingerprint density at radius 2 is 2.00 bits per heavy atom. The van der Waals surface area contributed by atoms with Crippen molar-refractivity contribution in [1.29, 1.82) is 0 Å². The van der Waals surface area contributed by atoms with Crippen LogP contribution in [0, 0.1) is 0 Å². The topological polar surface area (TPSA) is 41.1 Å². The molecule has 0 saturated carbocycles. The largest absolute Gasteiger partial charge is 0.496 e. The lowest BCUT2D eigenvalue weighted by Gasteiger charge is -2.12. The predicted octanol–water partition coefficient (Wildman–Crippen LogP) is 4.04. The molecule has 2 rings (SSSR count). The molecule has 0 amide bonds. The van der Waals surface area contributed by atoms with Crippen molar-refractivity contribution >= 4 is 21.7 Å². The van der Waals surface area contributed by atoms with Gasteiger partial charge in [0.1, 0.15) is 5.75 Å². The minimum Gasteiger partial charge on any atom is -0.496 e. The Hall–Kier alpha value is -1.49. The second-order valence-electron chi connectivity index (χ2n) is 5.25. The molecule has 0 aliphatic rings. The van der Waals surface area contributed by atoms with Crippen LogP contribution in [0.4, 0.5) is 5.82 Å². The SMILES string of the molecule is COc1ccc(C(C)C)cc1-c1[nH]nc(N(C)C)c1Br. The van der Waals surface area contributed by atoms with Crippen LogP contribution >= 0.6 is 15.9 Å². The number of hydrogen-bond acceptors (Lipinski definition) is 3. The molecule has 0 unspecified atom stereocenters. The fraction of sp³-hybridized carbons (Fsp3) is 0.400. The van der Waals surface area contributed by atoms with Crippen LogP contribution in [-0.2, 0) is 0 Å². The maximum absolute atomic E-state index is 5.48. The standard InChI is InChI=1S/C15H20BrN3O/c1-9(2)10-6-7-12(20-5)11(8-10)14-13(16)15(18-17-14)19(3)4/h6-9H,1-5H3,(H,17,18). The molecule has 5 heteroatoms. The van der Waals surface area contributed by atoms with Gasteiger partial charge in [0.05, 0.1) is 17.3 Å². The van der Waals surface area contributed by atoms with Crippen molar-refractivity contribution in [3.63, 3.8) is 0 Å². The molecule has 20 heavy (non-hydrogen) atoms. The lowest BCUT2D eigenvalue weighted by Crippen LogP contribution is -2.09. The molecule has 0 aliphatic carbocycles. The van der Waals surface area contributed by atoms with E-state index in [1.54, 1.807) is 7.11 Å². The highest BCUT2D eigenvalue weighted by atomic mass is 79.9. The fourth-order valence-corrected chi connectivity index (χ4v) is 2.82. The molecular weight excluding hydrogens is 318 g/mol. The molecule has 0 bridgehead atoms. The Labute approximate surface area is 128 Å². The molecule has 0 aliphatic heterocycles. The van der Waals surface area contributed by atoms with Crippen LogP contribution in [0.3, 0.4) is 0 Å². The number of rotatable bonds is 4. The first kappa shape index (κ1) is 14.9. The van der Waals surface area contributed by atoms with E-state index in [1.165, 1.54) is 5.56 Å². The number of aromatic amines is 1. The van der Waals surface area contributed by atoms with Gasteiger partial charge in [0.15, 0.2) is 5.82 Å². The summed E-state index contributed by atoms with van der Waals surface area (Å²) in [6.45, 7) is 4.36. The molecule has 1 heterocycles. The van der Waals surface area contributed by atoms with Crippen molar-refractivity contribution in [2.75, 3.05) is 26.1 Å². The van der Waals surface area contributed by atoms with Crippen LogP contribution < -0.4 is 9.64 Å². The molecule has 0 atom stereocenters. The molecule has 0 spiro atoms. The Kier molecular flexibility index (Phi) is 4.38. The van der Waals surface area contributed by atoms with Crippen LogP contribution in [0.15, 0.2) is 22.7 Å². The highest BCUT2D eigenvalue weighted by molar-refractivity contribution is 9.10. The van der Waals surface area contributed by atoms with Gasteiger partial charge in [-0.05, 0) is 39.5 Å². The Balaban J connectivity index is 2.58. The lowest BCUT2D eigenvalue weighted by atomic mass is 9.99. The van der Waals surface area contributed by atoms with E-state index in [1.807, 2.05) is 25.1 Å². The third kappa shape index (κ3) is 2.68. The van der Waals surface area contributed by atoms with Gasteiger partial charge >= 0.3 is 0 Å². The second-order valence-corrected chi connectivity index (χ2v) is 6.04. The van der Waals surface area contributed by atoms with E-state index in [-0.39, 0.29) is 0 Å². The van der Waals surface area contributed by atoms with Gasteiger partial charge in [-0.25, -0.2) is 0 Å². The van der Waals surface area contributed by atoms with Gasteiger partial charge in [0, 0.05) is 19.7 Å². The number of halogens is 1. The van der Waals surface area contributed by atoms with E-state index in [0.29, 0.717) is 5.92 Å². The minimum absolute atomic E-state index is 0.467. The zero-order valence-electron chi connectivity index (χ0n) is 12.5. The molecule has 1 N–H and O–H groups in total. The van der Waals surface area contributed by atoms with E-state index in [0.717, 1.165) is 27.3 Å². The Bertz CT molecular complexity index is 605. The maximum atomic E-state index is 5.48. The normalized spacial score (nSPS) is 10.9. The number of nitrogens with one attached hydrogen (secondary N) is 1. The number of hydrogen-bond donors (Lipinski definition) is 1. The number of anilines is 1. The number of aromatic nitrogens is 2. The quantitative estimate of drug-likeness (QED) is 0.915. The minimum atomic E-state index is 0.467. The smallest absolute Gasteiger partial charge is 0.164 e. The average Bonchev–Trinajstić information content (AvgIpc) is 2.79. The van der Waals surface area contributed by atoms with E-state index in [4.69, 9.17) is 4.74 Å². The predicted molar refractivity (Wildman–Crippen MR) is 86.7 cm³/mol. The highest BCUT2D eigenvalue weighted by Crippen LogP contribution is 2.39. The van der Waals surface area contributed by atoms with Crippen LogP contribution in [0.1, 0.15) is 25.3 Å². The van der Waals surface area contributed by atoms with Gasteiger partial charge in [-0.1, -0.05) is 19.9 Å². The number of ether oxygens (including phenoxy) is 1. The van der Waals surface area contributed by atoms with Crippen molar-refractivity contribution in [2.24, 2.45) is 0 Å². The second kappa shape index (κ2) is 5.87. The van der Waals surface area contributed by atoms with Gasteiger partial charge in [-0.3, -0.25) is 5.10 Å². The molecule has 2 aromatic rings. The fourth-order valence-electron chi connectivity index (χ4n) is 2.07. The van der Waals surface area contributed by atoms with Crippen molar-refractivity contribution in [2.45, 2.75) is 19.8 Å². The maximum Gasteiger partial charge on any atom is 0.164 e. The Morgan fingerprint density at radius 3 is 2.50 bits per heavy atom. The molecule has 0 saturated heterocycles. The zero-order valence-corrected chi connectivity index (χ0v) is 14.1. The molecule has 1 aromatic carbocycles. The third-order valence-electron chi connectivity index (χ3n) is 3.27. The van der Waals surface area contributed by atoms with Crippen LogP contribution in [0.5, 0.6) is 5.75 Å². The van der Waals surface area contributed by atoms with Gasteiger partial charge in [-0.2, -0.15) is 5.10 Å². The summed E-state index contributed by atoms with van der Waals surface area (Å²) >= 11 is 3.62. The third-order valence-corrected chi connectivity index (χ3v) is 4.02. The van der Waals surface area contributed by atoms with Crippen molar-refractivity contribution < 1.29 is 4.74 Å². The molecule has 0 radical (unpaired) electrons.